The summed E-state index contributed by atoms with van der Waals surface area (Å²) in [7, 11) is 0. The van der Waals surface area contributed by atoms with E-state index in [1.165, 1.54) is 0 Å². The average Bonchev–Trinajstić information content (AvgIpc) is 2.32. The number of aliphatic hydroxyl groups is 1. The van der Waals surface area contributed by atoms with E-state index in [1.54, 1.807) is 6.07 Å². The van der Waals surface area contributed by atoms with Crippen molar-refractivity contribution in [3.8, 4) is 12.1 Å². The van der Waals surface area contributed by atoms with Crippen LogP contribution >= 0.6 is 0 Å². The van der Waals surface area contributed by atoms with E-state index >= 15 is 0 Å². The van der Waals surface area contributed by atoms with Crippen molar-refractivity contribution in [3.63, 3.8) is 0 Å². The van der Waals surface area contributed by atoms with Crippen LogP contribution in [-0.2, 0) is 0 Å². The Morgan fingerprint density at radius 1 is 1.50 bits per heavy atom. The third kappa shape index (κ3) is 0.853. The minimum Gasteiger partial charge on any atom is -0.374 e. The summed E-state index contributed by atoms with van der Waals surface area (Å²) in [5.74, 6) is -0.475. The quantitative estimate of drug-likeness (QED) is 0.495. The zero-order valence-corrected chi connectivity index (χ0v) is 5.54. The van der Waals surface area contributed by atoms with Crippen LogP contribution in [0.15, 0.2) is 0 Å². The van der Waals surface area contributed by atoms with Crippen LogP contribution in [0.25, 0.3) is 0 Å². The third-order valence-electron chi connectivity index (χ3n) is 1.98. The van der Waals surface area contributed by atoms with Crippen molar-refractivity contribution in [1.82, 2.24) is 0 Å². The van der Waals surface area contributed by atoms with Crippen LogP contribution in [0.1, 0.15) is 19.3 Å². The Kier molecular flexibility index (Phi) is 1.61. The molecule has 0 aromatic carbocycles. The van der Waals surface area contributed by atoms with Gasteiger partial charge in [-0.1, -0.05) is 0 Å². The van der Waals surface area contributed by atoms with E-state index in [4.69, 9.17) is 10.5 Å². The summed E-state index contributed by atoms with van der Waals surface area (Å²) in [6, 6.07) is 3.71. The summed E-state index contributed by atoms with van der Waals surface area (Å²) in [6.45, 7) is 0. The standard InChI is InChI=1S/C7H8N2O/c8-4-6-2-1-3-7(6,10)5-9/h6,10H,1-3H2/t6-,7+/m1/s1. The molecule has 0 heterocycles. The van der Waals surface area contributed by atoms with Crippen LogP contribution in [-0.4, -0.2) is 10.7 Å². The van der Waals surface area contributed by atoms with Crippen LogP contribution in [0.3, 0.4) is 0 Å². The van der Waals surface area contributed by atoms with Gasteiger partial charge in [0.25, 0.3) is 0 Å². The molecule has 1 aliphatic rings. The first kappa shape index (κ1) is 7.05. The average molecular weight is 136 g/mol. The first-order chi connectivity index (χ1) is 4.73. The fourth-order valence-electron chi connectivity index (χ4n) is 1.29. The molecule has 0 unspecified atom stereocenters. The van der Waals surface area contributed by atoms with Crippen molar-refractivity contribution in [2.45, 2.75) is 24.9 Å². The van der Waals surface area contributed by atoms with Gasteiger partial charge >= 0.3 is 0 Å². The lowest BCUT2D eigenvalue weighted by atomic mass is 9.94. The van der Waals surface area contributed by atoms with Gasteiger partial charge in [-0.25, -0.2) is 0 Å². The van der Waals surface area contributed by atoms with Gasteiger partial charge in [0.15, 0.2) is 5.60 Å². The van der Waals surface area contributed by atoms with E-state index in [9.17, 15) is 5.11 Å². The van der Waals surface area contributed by atoms with Crippen molar-refractivity contribution in [3.05, 3.63) is 0 Å². The van der Waals surface area contributed by atoms with Crippen LogP contribution in [0, 0.1) is 28.6 Å². The van der Waals surface area contributed by atoms with Crippen molar-refractivity contribution in [2.24, 2.45) is 5.92 Å². The molecular formula is C7H8N2O. The normalized spacial score (nSPS) is 38.5. The highest BCUT2D eigenvalue weighted by Crippen LogP contribution is 2.34. The van der Waals surface area contributed by atoms with Crippen LogP contribution in [0.4, 0.5) is 0 Å². The van der Waals surface area contributed by atoms with Crippen molar-refractivity contribution < 1.29 is 5.11 Å². The fraction of sp³-hybridized carbons (Fsp3) is 0.714. The molecule has 3 heteroatoms. The van der Waals surface area contributed by atoms with Crippen LogP contribution in [0.5, 0.6) is 0 Å². The Morgan fingerprint density at radius 3 is 2.60 bits per heavy atom. The van der Waals surface area contributed by atoms with Crippen molar-refractivity contribution in [1.29, 1.82) is 10.5 Å². The molecule has 0 aromatic rings. The molecule has 2 atom stereocenters. The summed E-state index contributed by atoms with van der Waals surface area (Å²) in [5, 5.41) is 26.3. The van der Waals surface area contributed by atoms with Crippen LogP contribution < -0.4 is 0 Å². The van der Waals surface area contributed by atoms with Gasteiger partial charge < -0.3 is 5.11 Å². The van der Waals surface area contributed by atoms with Gasteiger partial charge in [0.05, 0.1) is 18.1 Å². The second-order valence-electron chi connectivity index (χ2n) is 2.61. The number of hydrogen-bond donors (Lipinski definition) is 1. The molecule has 1 N–H and O–H groups in total. The molecule has 1 aliphatic carbocycles. The fourth-order valence-corrected chi connectivity index (χ4v) is 1.29. The highest BCUT2D eigenvalue weighted by molar-refractivity contribution is 5.14. The summed E-state index contributed by atoms with van der Waals surface area (Å²) in [4.78, 5) is 0. The topological polar surface area (TPSA) is 67.8 Å². The van der Waals surface area contributed by atoms with Gasteiger partial charge in [0, 0.05) is 0 Å². The number of nitriles is 2. The van der Waals surface area contributed by atoms with E-state index in [2.05, 4.69) is 0 Å². The maximum Gasteiger partial charge on any atom is 0.166 e. The van der Waals surface area contributed by atoms with Gasteiger partial charge in [-0.15, -0.1) is 0 Å². The van der Waals surface area contributed by atoms with E-state index in [-0.39, 0.29) is 0 Å². The molecule has 0 radical (unpaired) electrons. The zero-order valence-electron chi connectivity index (χ0n) is 5.54. The molecular weight excluding hydrogens is 128 g/mol. The number of rotatable bonds is 0. The predicted molar refractivity (Wildman–Crippen MR) is 33.5 cm³/mol. The zero-order chi connectivity index (χ0) is 7.61. The highest BCUT2D eigenvalue weighted by atomic mass is 16.3. The smallest absolute Gasteiger partial charge is 0.166 e. The summed E-state index contributed by atoms with van der Waals surface area (Å²) in [5.41, 5.74) is -1.35. The molecule has 0 saturated heterocycles. The Balaban J connectivity index is 2.80. The third-order valence-corrected chi connectivity index (χ3v) is 1.98. The molecule has 0 aromatic heterocycles. The molecule has 3 nitrogen and oxygen atoms in total. The predicted octanol–water partition coefficient (Wildman–Crippen LogP) is 0.565. The van der Waals surface area contributed by atoms with E-state index in [0.29, 0.717) is 12.8 Å². The maximum absolute atomic E-state index is 9.38. The Hall–Kier alpha value is -1.06. The van der Waals surface area contributed by atoms with E-state index in [0.717, 1.165) is 6.42 Å². The van der Waals surface area contributed by atoms with E-state index in [1.807, 2.05) is 6.07 Å². The molecule has 52 valence electrons. The maximum atomic E-state index is 9.38. The second-order valence-corrected chi connectivity index (χ2v) is 2.61. The van der Waals surface area contributed by atoms with Gasteiger partial charge in [0.1, 0.15) is 0 Å². The Bertz CT molecular complexity index is 213. The van der Waals surface area contributed by atoms with Gasteiger partial charge in [0.2, 0.25) is 0 Å². The molecule has 10 heavy (non-hydrogen) atoms. The molecule has 0 aliphatic heterocycles. The molecule has 0 amide bonds. The number of nitrogens with zero attached hydrogens (tertiary/aromatic N) is 2. The highest BCUT2D eigenvalue weighted by Gasteiger charge is 2.41. The Labute approximate surface area is 59.5 Å². The molecule has 1 rings (SSSR count). The largest absolute Gasteiger partial charge is 0.374 e. The van der Waals surface area contributed by atoms with Crippen LogP contribution in [0.2, 0.25) is 0 Å². The first-order valence-corrected chi connectivity index (χ1v) is 3.26. The van der Waals surface area contributed by atoms with Gasteiger partial charge in [-0.2, -0.15) is 10.5 Å². The Morgan fingerprint density at radius 2 is 2.20 bits per heavy atom. The lowest BCUT2D eigenvalue weighted by molar-refractivity contribution is 0.0802. The molecule has 0 bridgehead atoms. The number of hydrogen-bond acceptors (Lipinski definition) is 3. The SMILES string of the molecule is N#C[C@H]1CCC[C@]1(O)C#N. The van der Waals surface area contributed by atoms with Crippen molar-refractivity contribution >= 4 is 0 Å². The van der Waals surface area contributed by atoms with Gasteiger partial charge in [-0.05, 0) is 19.3 Å². The first-order valence-electron chi connectivity index (χ1n) is 3.26. The second kappa shape index (κ2) is 2.28. The monoisotopic (exact) mass is 136 g/mol. The minimum absolute atomic E-state index is 0.446. The summed E-state index contributed by atoms with van der Waals surface area (Å²) < 4.78 is 0. The summed E-state index contributed by atoms with van der Waals surface area (Å²) in [6.07, 6.45) is 1.88. The van der Waals surface area contributed by atoms with Crippen molar-refractivity contribution in [2.75, 3.05) is 0 Å². The minimum atomic E-state index is -1.35. The summed E-state index contributed by atoms with van der Waals surface area (Å²) >= 11 is 0. The van der Waals surface area contributed by atoms with Gasteiger partial charge in [-0.3, -0.25) is 0 Å². The molecule has 1 saturated carbocycles. The lowest BCUT2D eigenvalue weighted by Gasteiger charge is -2.14. The molecule has 0 spiro atoms. The lowest BCUT2D eigenvalue weighted by Crippen LogP contribution is -2.29. The van der Waals surface area contributed by atoms with E-state index < -0.39 is 11.5 Å². The molecule has 1 fully saturated rings.